The van der Waals surface area contributed by atoms with Gasteiger partial charge in [-0.3, -0.25) is 13.9 Å². The largest absolute Gasteiger partial charge is 0.294 e. The molecule has 0 amide bonds. The van der Waals surface area contributed by atoms with Crippen LogP contribution in [0.4, 0.5) is 0 Å². The van der Waals surface area contributed by atoms with Crippen LogP contribution in [0.3, 0.4) is 0 Å². The van der Waals surface area contributed by atoms with E-state index < -0.39 is 10.1 Å². The number of rotatable bonds is 5. The molecular formula is C16H24N2O4S. The number of nitrogens with zero attached hydrogens (tertiary/aromatic N) is 2. The highest BCUT2D eigenvalue weighted by Crippen LogP contribution is 2.30. The fraction of sp³-hybridized carbons (Fsp3) is 0.625. The minimum absolute atomic E-state index is 0.0943. The summed E-state index contributed by atoms with van der Waals surface area (Å²) in [6.45, 7) is 2.28. The summed E-state index contributed by atoms with van der Waals surface area (Å²) in [5, 5.41) is 1.86. The first-order valence-electron chi connectivity index (χ1n) is 7.95. The molecule has 2 aliphatic rings. The summed E-state index contributed by atoms with van der Waals surface area (Å²) in [6, 6.07) is 10.4. The SMILES string of the molecule is CN1CC[C@H]([C@@H]2C[C@@H](OS(C)(=O)=O)CN2Cc2ccccc2)O1. The van der Waals surface area contributed by atoms with E-state index in [0.717, 1.165) is 25.8 Å². The van der Waals surface area contributed by atoms with Crippen molar-refractivity contribution in [1.29, 1.82) is 0 Å². The Hall–Kier alpha value is -0.990. The van der Waals surface area contributed by atoms with E-state index in [2.05, 4.69) is 17.0 Å². The molecule has 2 aliphatic heterocycles. The molecule has 1 aromatic carbocycles. The molecule has 6 nitrogen and oxygen atoms in total. The molecule has 0 spiro atoms. The molecule has 0 radical (unpaired) electrons. The molecule has 2 saturated heterocycles. The number of hydroxylamine groups is 2. The second kappa shape index (κ2) is 6.86. The van der Waals surface area contributed by atoms with Crippen molar-refractivity contribution in [2.75, 3.05) is 26.4 Å². The summed E-state index contributed by atoms with van der Waals surface area (Å²) >= 11 is 0. The first-order valence-corrected chi connectivity index (χ1v) is 9.76. The van der Waals surface area contributed by atoms with Crippen molar-refractivity contribution in [2.45, 2.75) is 37.6 Å². The van der Waals surface area contributed by atoms with Gasteiger partial charge in [0, 0.05) is 32.7 Å². The molecule has 2 fully saturated rings. The number of benzene rings is 1. The van der Waals surface area contributed by atoms with Gasteiger partial charge in [-0.05, 0) is 18.4 Å². The van der Waals surface area contributed by atoms with E-state index in [1.165, 1.54) is 5.56 Å². The van der Waals surface area contributed by atoms with Crippen molar-refractivity contribution in [2.24, 2.45) is 0 Å². The molecule has 3 rings (SSSR count). The summed E-state index contributed by atoms with van der Waals surface area (Å²) in [5.41, 5.74) is 1.21. The van der Waals surface area contributed by atoms with Crippen molar-refractivity contribution in [1.82, 2.24) is 9.96 Å². The predicted octanol–water partition coefficient (Wildman–Crippen LogP) is 1.24. The van der Waals surface area contributed by atoms with Gasteiger partial charge in [0.2, 0.25) is 0 Å². The summed E-state index contributed by atoms with van der Waals surface area (Å²) in [5.74, 6) is 0. The highest BCUT2D eigenvalue weighted by atomic mass is 32.2. The lowest BCUT2D eigenvalue weighted by atomic mass is 10.0. The Morgan fingerprint density at radius 3 is 2.65 bits per heavy atom. The molecule has 3 atom stereocenters. The van der Waals surface area contributed by atoms with Crippen molar-refractivity contribution in [3.05, 3.63) is 35.9 Å². The molecular weight excluding hydrogens is 316 g/mol. The smallest absolute Gasteiger partial charge is 0.264 e. The topological polar surface area (TPSA) is 59.1 Å². The van der Waals surface area contributed by atoms with Crippen molar-refractivity contribution < 1.29 is 17.4 Å². The Labute approximate surface area is 138 Å². The third kappa shape index (κ3) is 4.51. The van der Waals surface area contributed by atoms with E-state index in [1.54, 1.807) is 0 Å². The van der Waals surface area contributed by atoms with Crippen LogP contribution in [0.5, 0.6) is 0 Å². The Morgan fingerprint density at radius 1 is 1.30 bits per heavy atom. The van der Waals surface area contributed by atoms with Crippen LogP contribution in [0, 0.1) is 0 Å². The first-order chi connectivity index (χ1) is 10.9. The summed E-state index contributed by atoms with van der Waals surface area (Å²) in [4.78, 5) is 8.16. The average Bonchev–Trinajstić information content (AvgIpc) is 3.05. The maximum absolute atomic E-state index is 11.5. The zero-order valence-corrected chi connectivity index (χ0v) is 14.4. The summed E-state index contributed by atoms with van der Waals surface area (Å²) in [7, 11) is -1.51. The normalized spacial score (nSPS) is 30.1. The van der Waals surface area contributed by atoms with Gasteiger partial charge in [-0.25, -0.2) is 0 Å². The van der Waals surface area contributed by atoms with Crippen molar-refractivity contribution in [3.8, 4) is 0 Å². The van der Waals surface area contributed by atoms with Gasteiger partial charge in [-0.15, -0.1) is 0 Å². The van der Waals surface area contributed by atoms with Gasteiger partial charge in [0.15, 0.2) is 0 Å². The second-order valence-corrected chi connectivity index (χ2v) is 8.03. The zero-order chi connectivity index (χ0) is 16.4. The molecule has 0 N–H and O–H groups in total. The number of hydrogen-bond donors (Lipinski definition) is 0. The quantitative estimate of drug-likeness (QED) is 0.752. The third-order valence-corrected chi connectivity index (χ3v) is 5.05. The lowest BCUT2D eigenvalue weighted by Gasteiger charge is -2.28. The fourth-order valence-corrected chi connectivity index (χ4v) is 4.14. The monoisotopic (exact) mass is 340 g/mol. The Kier molecular flexibility index (Phi) is 5.03. The third-order valence-electron chi connectivity index (χ3n) is 4.42. The lowest BCUT2D eigenvalue weighted by molar-refractivity contribution is -0.144. The molecule has 7 heteroatoms. The van der Waals surface area contributed by atoms with Crippen LogP contribution in [0.25, 0.3) is 0 Å². The molecule has 2 heterocycles. The first kappa shape index (κ1) is 16.9. The van der Waals surface area contributed by atoms with E-state index in [0.29, 0.717) is 13.0 Å². The molecule has 1 aromatic rings. The van der Waals surface area contributed by atoms with E-state index in [9.17, 15) is 8.42 Å². The van der Waals surface area contributed by atoms with Gasteiger partial charge < -0.3 is 0 Å². The summed E-state index contributed by atoms with van der Waals surface area (Å²) < 4.78 is 28.1. The molecule has 23 heavy (non-hydrogen) atoms. The second-order valence-electron chi connectivity index (χ2n) is 6.42. The van der Waals surface area contributed by atoms with Crippen LogP contribution in [-0.4, -0.2) is 63.0 Å². The highest BCUT2D eigenvalue weighted by Gasteiger charge is 2.41. The van der Waals surface area contributed by atoms with E-state index >= 15 is 0 Å². The van der Waals surface area contributed by atoms with Gasteiger partial charge >= 0.3 is 0 Å². The molecule has 128 valence electrons. The van der Waals surface area contributed by atoms with Gasteiger partial charge in [0.05, 0.1) is 18.5 Å². The van der Waals surface area contributed by atoms with Crippen LogP contribution >= 0.6 is 0 Å². The zero-order valence-electron chi connectivity index (χ0n) is 13.6. The van der Waals surface area contributed by atoms with Gasteiger partial charge in [0.25, 0.3) is 10.1 Å². The number of hydrogen-bond acceptors (Lipinski definition) is 6. The maximum atomic E-state index is 11.5. The maximum Gasteiger partial charge on any atom is 0.264 e. The van der Waals surface area contributed by atoms with Crippen molar-refractivity contribution >= 4 is 10.1 Å². The molecule has 0 aliphatic carbocycles. The number of likely N-dealkylation sites (tertiary alicyclic amines) is 1. The van der Waals surface area contributed by atoms with Gasteiger partial charge in [0.1, 0.15) is 0 Å². The fourth-order valence-electron chi connectivity index (χ4n) is 3.50. The summed E-state index contributed by atoms with van der Waals surface area (Å²) in [6.07, 6.45) is 2.54. The van der Waals surface area contributed by atoms with Crippen molar-refractivity contribution in [3.63, 3.8) is 0 Å². The van der Waals surface area contributed by atoms with Crippen LogP contribution in [0.15, 0.2) is 30.3 Å². The van der Waals surface area contributed by atoms with Crippen LogP contribution in [0.1, 0.15) is 18.4 Å². The van der Waals surface area contributed by atoms with Gasteiger partial charge in [-0.1, -0.05) is 30.3 Å². The van der Waals surface area contributed by atoms with E-state index in [-0.39, 0.29) is 18.2 Å². The molecule has 0 unspecified atom stereocenters. The Bertz CT molecular complexity index is 622. The predicted molar refractivity (Wildman–Crippen MR) is 87.1 cm³/mol. The lowest BCUT2D eigenvalue weighted by Crippen LogP contribution is -2.38. The minimum Gasteiger partial charge on any atom is -0.294 e. The highest BCUT2D eigenvalue weighted by molar-refractivity contribution is 7.86. The Morgan fingerprint density at radius 2 is 2.04 bits per heavy atom. The van der Waals surface area contributed by atoms with Gasteiger partial charge in [-0.2, -0.15) is 13.5 Å². The Balaban J connectivity index is 1.73. The van der Waals surface area contributed by atoms with E-state index in [4.69, 9.17) is 9.02 Å². The van der Waals surface area contributed by atoms with Crippen LogP contribution in [0.2, 0.25) is 0 Å². The minimum atomic E-state index is -3.44. The molecule has 0 saturated carbocycles. The molecule has 0 bridgehead atoms. The molecule has 0 aromatic heterocycles. The van der Waals surface area contributed by atoms with E-state index in [1.807, 2.05) is 30.3 Å². The standard InChI is InChI=1S/C16H24N2O4S/c1-17-9-8-16(21-17)15-10-14(22-23(2,19)20)12-18(15)11-13-6-4-3-5-7-13/h3-7,14-16H,8-12H2,1-2H3/t14-,15+,16-/m1/s1. The van der Waals surface area contributed by atoms with Crippen LogP contribution < -0.4 is 0 Å². The van der Waals surface area contributed by atoms with Crippen LogP contribution in [-0.2, 0) is 25.7 Å². The average molecular weight is 340 g/mol.